The topological polar surface area (TPSA) is 542 Å². The van der Waals surface area contributed by atoms with Crippen molar-refractivity contribution in [2.24, 2.45) is 28.9 Å². The number of anilines is 1. The summed E-state index contributed by atoms with van der Waals surface area (Å²) < 4.78 is 6.87. The molecule has 6 aromatic rings. The van der Waals surface area contributed by atoms with E-state index in [4.69, 9.17) is 32.8 Å². The predicted octanol–water partition coefficient (Wildman–Crippen LogP) is -0.631. The highest BCUT2D eigenvalue weighted by Gasteiger charge is 2.38. The lowest BCUT2D eigenvalue weighted by Crippen LogP contribution is -2.61. The summed E-state index contributed by atoms with van der Waals surface area (Å²) in [7, 11) is 3.06. The minimum absolute atomic E-state index is 0.0220. The fourth-order valence-electron chi connectivity index (χ4n) is 12.2. The van der Waals surface area contributed by atoms with Gasteiger partial charge in [-0.1, -0.05) is 92.3 Å². The van der Waals surface area contributed by atoms with E-state index in [0.29, 0.717) is 54.5 Å². The van der Waals surface area contributed by atoms with Gasteiger partial charge < -0.3 is 96.4 Å². The van der Waals surface area contributed by atoms with Gasteiger partial charge in [-0.25, -0.2) is 4.79 Å². The first-order valence-corrected chi connectivity index (χ1v) is 38.2. The first kappa shape index (κ1) is 89.7. The van der Waals surface area contributed by atoms with Gasteiger partial charge in [-0.15, -0.1) is 0 Å². The van der Waals surface area contributed by atoms with Crippen LogP contribution in [-0.4, -0.2) is 215 Å². The number of aliphatic hydroxyl groups is 2. The molecular formula is C78H103N19O16S. The molecule has 612 valence electrons. The number of nitrogens with one attached hydrogen (secondary N) is 11. The molecule has 3 heterocycles. The number of nitrogens with zero attached hydrogens (tertiary/aromatic N) is 4. The number of carbonyl (C=O) groups excluding carboxylic acids is 13. The number of aromatic nitrogens is 3. The molecule has 0 aliphatic carbocycles. The predicted molar refractivity (Wildman–Crippen MR) is 424 cm³/mol. The highest BCUT2D eigenvalue weighted by atomic mass is 32.2. The van der Waals surface area contributed by atoms with Crippen LogP contribution < -0.4 is 86.3 Å². The van der Waals surface area contributed by atoms with Gasteiger partial charge in [0, 0.05) is 60.4 Å². The van der Waals surface area contributed by atoms with Crippen LogP contribution in [0.15, 0.2) is 131 Å². The Balaban J connectivity index is 1.06. The number of benzene rings is 4. The third-order valence-electron chi connectivity index (χ3n) is 18.3. The number of hydrogen-bond acceptors (Lipinski definition) is 23. The molecule has 114 heavy (non-hydrogen) atoms. The fraction of sp³-hybridized carbons (Fsp3) is 0.423. The molecule has 1 aliphatic heterocycles. The molecular weight excluding hydrogens is 1490 g/mol. The van der Waals surface area contributed by atoms with Crippen molar-refractivity contribution in [3.63, 3.8) is 0 Å². The maximum absolute atomic E-state index is 14.7. The second kappa shape index (κ2) is 44.6. The van der Waals surface area contributed by atoms with Crippen LogP contribution in [0.5, 0.6) is 0 Å². The molecule has 2 aromatic heterocycles. The number of esters is 1. The van der Waals surface area contributed by atoms with Crippen LogP contribution in [0.1, 0.15) is 112 Å². The molecule has 0 saturated carbocycles. The van der Waals surface area contributed by atoms with Crippen molar-refractivity contribution >= 4 is 117 Å². The molecule has 21 N–H and O–H groups in total. The number of amides is 12. The lowest BCUT2D eigenvalue weighted by Gasteiger charge is -2.28. The summed E-state index contributed by atoms with van der Waals surface area (Å²) in [6.45, 7) is 4.22. The van der Waals surface area contributed by atoms with Crippen molar-refractivity contribution in [2.75, 3.05) is 51.7 Å². The maximum atomic E-state index is 14.7. The number of para-hydroxylation sites is 1. The molecule has 0 bridgehead atoms. The van der Waals surface area contributed by atoms with Crippen LogP contribution >= 0.6 is 11.8 Å². The third kappa shape index (κ3) is 26.3. The van der Waals surface area contributed by atoms with Gasteiger partial charge in [0.15, 0.2) is 0 Å². The zero-order valence-corrected chi connectivity index (χ0v) is 65.2. The zero-order valence-electron chi connectivity index (χ0n) is 64.4. The lowest BCUT2D eigenvalue weighted by molar-refractivity contribution is -0.146. The Morgan fingerprint density at radius 2 is 1.25 bits per heavy atom. The normalized spacial score (nSPS) is 19.4. The van der Waals surface area contributed by atoms with Crippen molar-refractivity contribution in [1.82, 2.24) is 73.2 Å². The van der Waals surface area contributed by atoms with Gasteiger partial charge in [-0.2, -0.15) is 9.78 Å². The van der Waals surface area contributed by atoms with Gasteiger partial charge in [0.25, 0.3) is 5.91 Å². The molecule has 1 aliphatic rings. The second-order valence-electron chi connectivity index (χ2n) is 27.5. The average Bonchev–Trinajstić information content (AvgIpc) is 1.63. The quantitative estimate of drug-likeness (QED) is 0.0250. The largest absolute Gasteiger partial charge is 0.461 e. The van der Waals surface area contributed by atoms with E-state index in [1.165, 1.54) is 42.2 Å². The molecule has 1 fully saturated rings. The summed E-state index contributed by atoms with van der Waals surface area (Å²) in [6.07, 6.45) is -0.800. The van der Waals surface area contributed by atoms with Crippen molar-refractivity contribution in [1.29, 1.82) is 0 Å². The molecule has 1 saturated heterocycles. The van der Waals surface area contributed by atoms with Gasteiger partial charge >= 0.3 is 12.0 Å². The van der Waals surface area contributed by atoms with E-state index in [0.717, 1.165) is 0 Å². The molecule has 36 heteroatoms. The van der Waals surface area contributed by atoms with E-state index in [1.54, 1.807) is 118 Å². The molecule has 0 unspecified atom stereocenters. The summed E-state index contributed by atoms with van der Waals surface area (Å²) in [4.78, 5) is 190. The number of carbonyl (C=O) groups is 13. The van der Waals surface area contributed by atoms with Crippen LogP contribution in [0.25, 0.3) is 23.1 Å². The molecule has 11 atom stereocenters. The van der Waals surface area contributed by atoms with Crippen molar-refractivity contribution in [3.05, 3.63) is 150 Å². The van der Waals surface area contributed by atoms with Gasteiger partial charge in [-0.3, -0.25) is 67.4 Å². The minimum atomic E-state index is -1.78. The summed E-state index contributed by atoms with van der Waals surface area (Å²) in [6, 6.07) is 18.5. The number of nitrogens with two attached hydrogens (primary N) is 4. The molecule has 35 nitrogen and oxygen atoms in total. The molecule has 7 rings (SSSR count). The van der Waals surface area contributed by atoms with E-state index < -0.39 is 163 Å². The third-order valence-corrected chi connectivity index (χ3v) is 19.3. The minimum Gasteiger partial charge on any atom is -0.461 e. The Kier molecular flexibility index (Phi) is 35.1. The smallest absolute Gasteiger partial charge is 0.349 e. The number of hydrogen-bond donors (Lipinski definition) is 17. The maximum Gasteiger partial charge on any atom is 0.349 e. The first-order valence-electron chi connectivity index (χ1n) is 37.4. The number of pyridine rings is 1. The van der Waals surface area contributed by atoms with Gasteiger partial charge in [0.1, 0.15) is 61.0 Å². The number of ether oxygens (including phenoxy) is 1. The van der Waals surface area contributed by atoms with Crippen LogP contribution in [0.3, 0.4) is 0 Å². The highest BCUT2D eigenvalue weighted by Crippen LogP contribution is 2.34. The van der Waals surface area contributed by atoms with Crippen molar-refractivity contribution in [3.8, 4) is 0 Å². The second-order valence-corrected chi connectivity index (χ2v) is 28.6. The van der Waals surface area contributed by atoms with E-state index in [2.05, 4.69) is 63.5 Å². The summed E-state index contributed by atoms with van der Waals surface area (Å²) in [5, 5.41) is 55.2. The zero-order chi connectivity index (χ0) is 83.1. The number of rotatable bonds is 30. The number of fused-ring (bicyclic) bond motifs is 1. The highest BCUT2D eigenvalue weighted by molar-refractivity contribution is 7.99. The van der Waals surface area contributed by atoms with E-state index in [9.17, 15) is 72.5 Å². The van der Waals surface area contributed by atoms with Crippen LogP contribution in [0.2, 0.25) is 0 Å². The Hall–Kier alpha value is -11.5. The molecule has 12 amide bonds. The van der Waals surface area contributed by atoms with Crippen molar-refractivity contribution in [2.45, 2.75) is 168 Å². The van der Waals surface area contributed by atoms with Crippen LogP contribution in [-0.2, 0) is 70.5 Å². The van der Waals surface area contributed by atoms with E-state index in [1.807, 2.05) is 36.4 Å². The fourth-order valence-corrected chi connectivity index (χ4v) is 13.2. The Morgan fingerprint density at radius 1 is 0.658 bits per heavy atom. The molecule has 0 radical (unpaired) electrons. The van der Waals surface area contributed by atoms with Crippen LogP contribution in [0, 0.1) is 5.92 Å². The number of aliphatic hydroxyl groups excluding tert-OH is 2. The Bertz CT molecular complexity index is 4380. The van der Waals surface area contributed by atoms with Gasteiger partial charge in [0.05, 0.1) is 46.8 Å². The Labute approximate surface area is 663 Å². The summed E-state index contributed by atoms with van der Waals surface area (Å²) in [5.74, 6) is -11.1. The summed E-state index contributed by atoms with van der Waals surface area (Å²) >= 11 is 1.32. The Morgan fingerprint density at radius 3 is 1.88 bits per heavy atom. The SMILES string of the molecule is CNC(=O)c1ccccc1Sc1ccc2c(/C=C/c3ccccn3)nn(C(=O)N(C)c3ccccc3COC(=O)CCC(=O)N[C@H](C(=O)N[C@@H](CCN)C(=O)N[C@H]3CCNC(=O)[C@H]([C@@H](C)O)NC(=O)[C@H](CCN)NC(=O)[C@H](CCN)NC(=O)[C@H](CC(C)C)NC(=O)[C@@H](Cc4ccccc4)NC(=O)[C@H](CCN)NC3=O)[C@H](C)O)c2c1. The molecule has 0 spiro atoms. The monoisotopic (exact) mass is 1590 g/mol. The standard InChI is InChI=1S/C78H103N19O16S/c1-44(2)40-59-74(108)88-54(29-34-79)69(103)87-57(32-37-82)73(107)94-66(45(3)98)76(110)85-39-33-58(72(106)86-55(30-35-80)71(105)92-60(75(109)91-59)41-47-16-8-7-9-17-47)89-70(104)56(31-36-81)90-77(111)67(46(4)99)93-64(100)27-28-65(101)113-43-48-18-10-12-21-61(48)96(6)78(112)97-62-42-50(114-63-22-13-11-20-52(63)68(102)83-5)24-25-51(62)53(95-97)26-23-49-19-14-15-38-84-49/h7-26,38,42,44-46,54-60,66-67,98-99H,27-37,39-41,43,79-82H2,1-6H3,(H,83,102)(H,85,110)(H,86,106)(H,87,103)(H,88,108)(H,89,104)(H,90,111)(H,91,109)(H,92,105)(H,93,100)(H,94,107)/b26-23+/t45-,46+,54+,55+,56+,57+,58+,59+,60-,66+,67+/m1/s1. The first-order chi connectivity index (χ1) is 54.6. The van der Waals surface area contributed by atoms with E-state index in [-0.39, 0.29) is 83.1 Å². The van der Waals surface area contributed by atoms with Gasteiger partial charge in [-0.05, 0) is 151 Å². The van der Waals surface area contributed by atoms with Crippen molar-refractivity contribution < 1.29 is 77.3 Å². The lowest BCUT2D eigenvalue weighted by atomic mass is 10.00. The average molecular weight is 1590 g/mol. The summed E-state index contributed by atoms with van der Waals surface area (Å²) in [5.41, 5.74) is 27.0. The molecule has 4 aromatic carbocycles. The van der Waals surface area contributed by atoms with Gasteiger partial charge in [0.2, 0.25) is 59.1 Å². The van der Waals surface area contributed by atoms with Crippen LogP contribution in [0.4, 0.5) is 10.5 Å². The van der Waals surface area contributed by atoms with E-state index >= 15 is 0 Å².